The second-order valence-corrected chi connectivity index (χ2v) is 4.00. The van der Waals surface area contributed by atoms with E-state index in [2.05, 4.69) is 9.72 Å². The number of ether oxygens (including phenoxy) is 1. The first-order valence-corrected chi connectivity index (χ1v) is 5.50. The molecule has 0 aliphatic carbocycles. The monoisotopic (exact) mass is 233 g/mol. The van der Waals surface area contributed by atoms with Gasteiger partial charge in [0.1, 0.15) is 0 Å². The summed E-state index contributed by atoms with van der Waals surface area (Å²) in [4.78, 5) is 14.2. The number of benzene rings is 1. The minimum atomic E-state index is -0.707. The highest BCUT2D eigenvalue weighted by Crippen LogP contribution is 2.19. The predicted octanol–water partition coefficient (Wildman–Crippen LogP) is 1.63. The largest absolute Gasteiger partial charge is 0.469 e. The quantitative estimate of drug-likeness (QED) is 0.789. The van der Waals surface area contributed by atoms with Crippen molar-refractivity contribution in [2.75, 3.05) is 7.11 Å². The van der Waals surface area contributed by atoms with Crippen molar-refractivity contribution in [3.05, 3.63) is 36.0 Å². The van der Waals surface area contributed by atoms with Crippen molar-refractivity contribution in [3.8, 4) is 0 Å². The van der Waals surface area contributed by atoms with Crippen LogP contribution in [0, 0.1) is 0 Å². The Hall–Kier alpha value is -1.81. The molecule has 0 saturated heterocycles. The summed E-state index contributed by atoms with van der Waals surface area (Å²) in [6.45, 7) is 0. The molecule has 0 aliphatic rings. The number of nitrogens with one attached hydrogen (secondary N) is 1. The molecular formula is C13H15NO3. The molecule has 90 valence electrons. The zero-order chi connectivity index (χ0) is 12.3. The number of rotatable bonds is 4. The van der Waals surface area contributed by atoms with E-state index in [-0.39, 0.29) is 6.42 Å². The number of esters is 1. The van der Waals surface area contributed by atoms with Crippen molar-refractivity contribution >= 4 is 16.9 Å². The summed E-state index contributed by atoms with van der Waals surface area (Å²) in [5, 5.41) is 10.8. The van der Waals surface area contributed by atoms with Crippen LogP contribution in [0.2, 0.25) is 0 Å². The average Bonchev–Trinajstić information content (AvgIpc) is 2.72. The highest BCUT2D eigenvalue weighted by molar-refractivity contribution is 5.83. The fraction of sp³-hybridized carbons (Fsp3) is 0.308. The Labute approximate surface area is 99.2 Å². The van der Waals surface area contributed by atoms with E-state index < -0.39 is 12.1 Å². The zero-order valence-electron chi connectivity index (χ0n) is 9.64. The molecule has 4 heteroatoms. The number of hydrogen-bond donors (Lipinski definition) is 2. The maximum Gasteiger partial charge on any atom is 0.308 e. The molecule has 0 aliphatic heterocycles. The number of fused-ring (bicyclic) bond motifs is 1. The minimum Gasteiger partial charge on any atom is -0.469 e. The van der Waals surface area contributed by atoms with E-state index in [0.717, 1.165) is 16.5 Å². The second kappa shape index (κ2) is 5.01. The van der Waals surface area contributed by atoms with E-state index in [9.17, 15) is 9.90 Å². The summed E-state index contributed by atoms with van der Waals surface area (Å²) in [6, 6.07) is 7.87. The number of aromatic nitrogens is 1. The van der Waals surface area contributed by atoms with Gasteiger partial charge in [0.25, 0.3) is 0 Å². The Balaban J connectivity index is 2.10. The molecule has 0 unspecified atom stereocenters. The number of aliphatic hydroxyl groups is 1. The van der Waals surface area contributed by atoms with Crippen LogP contribution < -0.4 is 0 Å². The Morgan fingerprint density at radius 2 is 2.24 bits per heavy atom. The number of aliphatic hydroxyl groups excluding tert-OH is 1. The van der Waals surface area contributed by atoms with E-state index in [0.29, 0.717) is 6.42 Å². The number of H-pyrrole nitrogens is 1. The van der Waals surface area contributed by atoms with Crippen molar-refractivity contribution in [1.82, 2.24) is 4.98 Å². The topological polar surface area (TPSA) is 62.3 Å². The van der Waals surface area contributed by atoms with Gasteiger partial charge in [0, 0.05) is 23.5 Å². The van der Waals surface area contributed by atoms with E-state index in [4.69, 9.17) is 0 Å². The van der Waals surface area contributed by atoms with Gasteiger partial charge in [0.15, 0.2) is 0 Å². The van der Waals surface area contributed by atoms with Gasteiger partial charge in [0.2, 0.25) is 0 Å². The number of para-hydroxylation sites is 1. The summed E-state index contributed by atoms with van der Waals surface area (Å²) in [6.07, 6.45) is 1.63. The molecule has 1 aromatic heterocycles. The van der Waals surface area contributed by atoms with E-state index in [1.807, 2.05) is 30.5 Å². The zero-order valence-corrected chi connectivity index (χ0v) is 9.64. The summed E-state index contributed by atoms with van der Waals surface area (Å²) in [5.74, 6) is -0.391. The second-order valence-electron chi connectivity index (χ2n) is 4.00. The van der Waals surface area contributed by atoms with Gasteiger partial charge in [0.05, 0.1) is 19.6 Å². The van der Waals surface area contributed by atoms with Crippen LogP contribution in [0.5, 0.6) is 0 Å². The summed E-state index contributed by atoms with van der Waals surface area (Å²) < 4.78 is 4.52. The predicted molar refractivity (Wildman–Crippen MR) is 64.6 cm³/mol. The van der Waals surface area contributed by atoms with Gasteiger partial charge in [-0.05, 0) is 11.6 Å². The molecule has 1 aromatic carbocycles. The average molecular weight is 233 g/mol. The lowest BCUT2D eigenvalue weighted by molar-refractivity contribution is -0.142. The number of carbonyl (C=O) groups excluding carboxylic acids is 1. The molecule has 1 heterocycles. The van der Waals surface area contributed by atoms with E-state index in [1.165, 1.54) is 7.11 Å². The number of aromatic amines is 1. The van der Waals surface area contributed by atoms with Gasteiger partial charge in [-0.25, -0.2) is 0 Å². The van der Waals surface area contributed by atoms with Crippen LogP contribution in [0.4, 0.5) is 0 Å². The van der Waals surface area contributed by atoms with Gasteiger partial charge in [-0.3, -0.25) is 4.79 Å². The molecule has 4 nitrogen and oxygen atoms in total. The molecule has 2 aromatic rings. The van der Waals surface area contributed by atoms with E-state index in [1.54, 1.807) is 0 Å². The number of methoxy groups -OCH3 is 1. The SMILES string of the molecule is COC(=O)C[C@@H](O)Cc1c[nH]c2ccccc12. The molecule has 0 saturated carbocycles. The van der Waals surface area contributed by atoms with Gasteiger partial charge < -0.3 is 14.8 Å². The van der Waals surface area contributed by atoms with Crippen LogP contribution in [0.25, 0.3) is 10.9 Å². The van der Waals surface area contributed by atoms with Crippen molar-refractivity contribution in [2.45, 2.75) is 18.9 Å². The maximum absolute atomic E-state index is 11.0. The van der Waals surface area contributed by atoms with Crippen LogP contribution in [0.1, 0.15) is 12.0 Å². The highest BCUT2D eigenvalue weighted by atomic mass is 16.5. The third kappa shape index (κ3) is 2.65. The number of hydrogen-bond acceptors (Lipinski definition) is 3. The first kappa shape index (κ1) is 11.7. The summed E-state index contributed by atoms with van der Waals surface area (Å²) in [7, 11) is 1.32. The Morgan fingerprint density at radius 3 is 3.00 bits per heavy atom. The van der Waals surface area contributed by atoms with Crippen molar-refractivity contribution in [2.24, 2.45) is 0 Å². The molecule has 1 atom stereocenters. The van der Waals surface area contributed by atoms with Gasteiger partial charge in [-0.1, -0.05) is 18.2 Å². The summed E-state index contributed by atoms with van der Waals surface area (Å²) in [5.41, 5.74) is 2.05. The standard InChI is InChI=1S/C13H15NO3/c1-17-13(16)7-10(15)6-9-8-14-12-5-3-2-4-11(9)12/h2-5,8,10,14-15H,6-7H2,1H3/t10-/m0/s1. The first-order valence-electron chi connectivity index (χ1n) is 5.50. The van der Waals surface area contributed by atoms with Crippen LogP contribution in [0.15, 0.2) is 30.5 Å². The lowest BCUT2D eigenvalue weighted by Gasteiger charge is -2.08. The highest BCUT2D eigenvalue weighted by Gasteiger charge is 2.13. The van der Waals surface area contributed by atoms with Crippen LogP contribution in [-0.4, -0.2) is 29.3 Å². The van der Waals surface area contributed by atoms with Crippen LogP contribution >= 0.6 is 0 Å². The van der Waals surface area contributed by atoms with Gasteiger partial charge in [-0.2, -0.15) is 0 Å². The van der Waals surface area contributed by atoms with Crippen LogP contribution in [-0.2, 0) is 16.0 Å². The maximum atomic E-state index is 11.0. The fourth-order valence-electron chi connectivity index (χ4n) is 1.90. The summed E-state index contributed by atoms with van der Waals surface area (Å²) >= 11 is 0. The normalized spacial score (nSPS) is 12.6. The lowest BCUT2D eigenvalue weighted by Crippen LogP contribution is -2.16. The molecular weight excluding hydrogens is 218 g/mol. The molecule has 0 amide bonds. The molecule has 17 heavy (non-hydrogen) atoms. The minimum absolute atomic E-state index is 0.0238. The Kier molecular flexibility index (Phi) is 3.44. The lowest BCUT2D eigenvalue weighted by atomic mass is 10.1. The molecule has 0 fully saturated rings. The smallest absolute Gasteiger partial charge is 0.308 e. The van der Waals surface area contributed by atoms with E-state index >= 15 is 0 Å². The molecule has 2 N–H and O–H groups in total. The molecule has 2 rings (SSSR count). The fourth-order valence-corrected chi connectivity index (χ4v) is 1.90. The number of carbonyl (C=O) groups is 1. The van der Waals surface area contributed by atoms with Crippen molar-refractivity contribution in [3.63, 3.8) is 0 Å². The van der Waals surface area contributed by atoms with Gasteiger partial charge in [-0.15, -0.1) is 0 Å². The molecule has 0 bridgehead atoms. The Morgan fingerprint density at radius 1 is 1.47 bits per heavy atom. The van der Waals surface area contributed by atoms with Crippen molar-refractivity contribution < 1.29 is 14.6 Å². The first-order chi connectivity index (χ1) is 8.20. The van der Waals surface area contributed by atoms with Crippen LogP contribution in [0.3, 0.4) is 0 Å². The van der Waals surface area contributed by atoms with Gasteiger partial charge >= 0.3 is 5.97 Å². The molecule has 0 radical (unpaired) electrons. The molecule has 0 spiro atoms. The van der Waals surface area contributed by atoms with Crippen molar-refractivity contribution in [1.29, 1.82) is 0 Å². The Bertz CT molecular complexity index is 518. The third-order valence-corrected chi connectivity index (χ3v) is 2.76. The third-order valence-electron chi connectivity index (χ3n) is 2.76.